The molecule has 0 saturated carbocycles. The summed E-state index contributed by atoms with van der Waals surface area (Å²) in [7, 11) is 2.03. The number of aryl methyl sites for hydroxylation is 1. The van der Waals surface area contributed by atoms with E-state index in [-0.39, 0.29) is 16.8 Å². The molecule has 1 aliphatic heterocycles. The number of benzene rings is 1. The first-order chi connectivity index (χ1) is 13.9. The first kappa shape index (κ1) is 22.0. The van der Waals surface area contributed by atoms with Crippen LogP contribution >= 0.6 is 0 Å². The maximum Gasteiger partial charge on any atom is 0.125 e. The third-order valence-electron chi connectivity index (χ3n) is 5.81. The predicted octanol–water partition coefficient (Wildman–Crippen LogP) is 3.59. The van der Waals surface area contributed by atoms with Gasteiger partial charge in [-0.25, -0.2) is 0 Å². The van der Waals surface area contributed by atoms with E-state index < -0.39 is 0 Å². The molecule has 0 unspecified atom stereocenters. The van der Waals surface area contributed by atoms with Crippen LogP contribution in [0.15, 0.2) is 42.2 Å². The molecule has 162 valence electrons. The fourth-order valence-corrected chi connectivity index (χ4v) is 4.63. The minimum Gasteiger partial charge on any atom is -0.507 e. The van der Waals surface area contributed by atoms with Crippen molar-refractivity contribution >= 4 is 16.6 Å². The molecular formula is C24H35N5O. The van der Waals surface area contributed by atoms with Crippen LogP contribution in [0.3, 0.4) is 0 Å². The van der Waals surface area contributed by atoms with Gasteiger partial charge in [0.1, 0.15) is 5.75 Å². The summed E-state index contributed by atoms with van der Waals surface area (Å²) in [6, 6.07) is 7.69. The predicted molar refractivity (Wildman–Crippen MR) is 125 cm³/mol. The molecule has 6 nitrogen and oxygen atoms in total. The Balaban J connectivity index is 1.84. The first-order valence-electron chi connectivity index (χ1n) is 10.4. The van der Waals surface area contributed by atoms with Crippen molar-refractivity contribution in [1.82, 2.24) is 15.2 Å². The van der Waals surface area contributed by atoms with Crippen LogP contribution < -0.4 is 16.8 Å². The molecule has 1 saturated heterocycles. The van der Waals surface area contributed by atoms with Crippen molar-refractivity contribution in [1.29, 1.82) is 0 Å². The molecule has 0 radical (unpaired) electrons. The van der Waals surface area contributed by atoms with E-state index in [1.165, 1.54) is 0 Å². The standard InChI is InChI=1S/C24H35N5O/c1-15-7-8-16-11-21(30)18(12-20(16)27-15)19(25)9-10-22(26)29(6)17-13-23(2,3)28-24(4,5)14-17/h7-12,17,28,30H,13-14,25-26H2,1-6H3/b19-9-,22-10+. The molecule has 1 fully saturated rings. The van der Waals surface area contributed by atoms with Crippen molar-refractivity contribution in [2.75, 3.05) is 7.05 Å². The molecule has 30 heavy (non-hydrogen) atoms. The van der Waals surface area contributed by atoms with Crippen LogP contribution in [0.25, 0.3) is 16.6 Å². The molecule has 2 aromatic rings. The van der Waals surface area contributed by atoms with Crippen LogP contribution in [-0.2, 0) is 0 Å². The van der Waals surface area contributed by atoms with Gasteiger partial charge in [-0.15, -0.1) is 0 Å². The van der Waals surface area contributed by atoms with Gasteiger partial charge in [-0.1, -0.05) is 6.07 Å². The Kier molecular flexibility index (Phi) is 5.74. The van der Waals surface area contributed by atoms with Crippen LogP contribution in [0, 0.1) is 6.92 Å². The lowest BCUT2D eigenvalue weighted by atomic mass is 9.79. The summed E-state index contributed by atoms with van der Waals surface area (Å²) in [4.78, 5) is 6.65. The van der Waals surface area contributed by atoms with Crippen molar-refractivity contribution in [2.24, 2.45) is 11.5 Å². The Hall–Kier alpha value is -2.73. The molecular weight excluding hydrogens is 374 g/mol. The van der Waals surface area contributed by atoms with Gasteiger partial charge in [-0.3, -0.25) is 4.98 Å². The summed E-state index contributed by atoms with van der Waals surface area (Å²) in [5, 5.41) is 15.0. The Bertz CT molecular complexity index is 990. The number of hydrogen-bond donors (Lipinski definition) is 4. The number of nitrogens with zero attached hydrogens (tertiary/aromatic N) is 2. The molecule has 1 aromatic carbocycles. The van der Waals surface area contributed by atoms with Gasteiger partial charge >= 0.3 is 0 Å². The van der Waals surface area contributed by atoms with Gasteiger partial charge in [-0.05, 0) is 77.8 Å². The lowest BCUT2D eigenvalue weighted by Gasteiger charge is -2.49. The number of rotatable bonds is 4. The highest BCUT2D eigenvalue weighted by molar-refractivity contribution is 5.86. The van der Waals surface area contributed by atoms with Crippen LogP contribution in [-0.4, -0.2) is 39.2 Å². The first-order valence-corrected chi connectivity index (χ1v) is 10.4. The highest BCUT2D eigenvalue weighted by Crippen LogP contribution is 2.32. The highest BCUT2D eigenvalue weighted by atomic mass is 16.3. The maximum atomic E-state index is 10.4. The van der Waals surface area contributed by atoms with E-state index in [0.29, 0.717) is 23.1 Å². The van der Waals surface area contributed by atoms with Gasteiger partial charge in [0.05, 0.1) is 11.3 Å². The van der Waals surface area contributed by atoms with E-state index in [2.05, 4.69) is 42.9 Å². The summed E-state index contributed by atoms with van der Waals surface area (Å²) in [6.45, 7) is 10.8. The third-order valence-corrected chi connectivity index (χ3v) is 5.81. The molecule has 0 aliphatic carbocycles. The summed E-state index contributed by atoms with van der Waals surface area (Å²) in [5.41, 5.74) is 15.5. The fraction of sp³-hybridized carbons (Fsp3) is 0.458. The van der Waals surface area contributed by atoms with Gasteiger partial charge in [0.2, 0.25) is 0 Å². The minimum atomic E-state index is 0.0395. The second-order valence-corrected chi connectivity index (χ2v) is 9.79. The van der Waals surface area contributed by atoms with E-state index in [9.17, 15) is 5.11 Å². The molecule has 2 heterocycles. The largest absolute Gasteiger partial charge is 0.507 e. The number of nitrogens with two attached hydrogens (primary N) is 2. The van der Waals surface area contributed by atoms with Crippen LogP contribution in [0.2, 0.25) is 0 Å². The van der Waals surface area contributed by atoms with E-state index in [1.54, 1.807) is 12.1 Å². The number of phenols is 1. The molecule has 0 amide bonds. The molecule has 0 bridgehead atoms. The molecule has 0 spiro atoms. The van der Waals surface area contributed by atoms with Crippen LogP contribution in [0.1, 0.15) is 51.8 Å². The highest BCUT2D eigenvalue weighted by Gasteiger charge is 2.39. The topological polar surface area (TPSA) is 100 Å². The summed E-state index contributed by atoms with van der Waals surface area (Å²) in [5.74, 6) is 0.773. The van der Waals surface area contributed by atoms with Gasteiger partial charge in [-0.2, -0.15) is 0 Å². The van der Waals surface area contributed by atoms with Crippen molar-refractivity contribution in [3.8, 4) is 5.75 Å². The van der Waals surface area contributed by atoms with Crippen molar-refractivity contribution in [2.45, 2.75) is 64.6 Å². The SMILES string of the molecule is Cc1ccc2cc(O)c(/C(N)=C/C=C(\N)N(C)C3CC(C)(C)NC(C)(C)C3)cc2n1. The van der Waals surface area contributed by atoms with Crippen molar-refractivity contribution in [3.05, 3.63) is 53.5 Å². The lowest BCUT2D eigenvalue weighted by molar-refractivity contribution is 0.0981. The number of pyridine rings is 1. The Labute approximate surface area is 179 Å². The average molecular weight is 410 g/mol. The number of nitrogens with one attached hydrogen (secondary N) is 1. The molecule has 3 rings (SSSR count). The minimum absolute atomic E-state index is 0.0395. The van der Waals surface area contributed by atoms with E-state index in [0.717, 1.165) is 29.4 Å². The third kappa shape index (κ3) is 4.87. The Morgan fingerprint density at radius 1 is 1.13 bits per heavy atom. The molecule has 1 aromatic heterocycles. The normalized spacial score (nSPS) is 19.8. The molecule has 1 aliphatic rings. The second kappa shape index (κ2) is 7.84. The maximum absolute atomic E-state index is 10.4. The van der Waals surface area contributed by atoms with E-state index in [4.69, 9.17) is 11.5 Å². The number of fused-ring (bicyclic) bond motifs is 1. The fourth-order valence-electron chi connectivity index (χ4n) is 4.63. The zero-order valence-corrected chi connectivity index (χ0v) is 19.0. The number of phenolic OH excluding ortho intramolecular Hbond substituents is 1. The van der Waals surface area contributed by atoms with E-state index in [1.807, 2.05) is 38.2 Å². The number of piperidine rings is 1. The summed E-state index contributed by atoms with van der Waals surface area (Å²) in [6.07, 6.45) is 5.55. The quantitative estimate of drug-likeness (QED) is 0.576. The summed E-state index contributed by atoms with van der Waals surface area (Å²) < 4.78 is 0. The van der Waals surface area contributed by atoms with Gasteiger partial charge in [0, 0.05) is 46.5 Å². The van der Waals surface area contributed by atoms with Gasteiger partial charge in [0.25, 0.3) is 0 Å². The van der Waals surface area contributed by atoms with Gasteiger partial charge < -0.3 is 26.8 Å². The van der Waals surface area contributed by atoms with Crippen molar-refractivity contribution < 1.29 is 5.11 Å². The summed E-state index contributed by atoms with van der Waals surface area (Å²) >= 11 is 0. The Morgan fingerprint density at radius 2 is 1.77 bits per heavy atom. The average Bonchev–Trinajstić information content (AvgIpc) is 2.62. The zero-order chi connectivity index (χ0) is 22.3. The molecule has 0 atom stereocenters. The van der Waals surface area contributed by atoms with E-state index >= 15 is 0 Å². The second-order valence-electron chi connectivity index (χ2n) is 9.79. The lowest BCUT2D eigenvalue weighted by Crippen LogP contribution is -2.61. The number of allylic oxidation sites excluding steroid dienone is 2. The smallest absolute Gasteiger partial charge is 0.125 e. The molecule has 6 N–H and O–H groups in total. The number of aromatic nitrogens is 1. The molecule has 6 heteroatoms. The number of aromatic hydroxyl groups is 1. The number of hydrogen-bond acceptors (Lipinski definition) is 6. The Morgan fingerprint density at radius 3 is 2.40 bits per heavy atom. The van der Waals surface area contributed by atoms with Crippen molar-refractivity contribution in [3.63, 3.8) is 0 Å². The van der Waals surface area contributed by atoms with Crippen LogP contribution in [0.5, 0.6) is 5.75 Å². The van der Waals surface area contributed by atoms with Crippen LogP contribution in [0.4, 0.5) is 0 Å². The monoisotopic (exact) mass is 409 g/mol. The van der Waals surface area contributed by atoms with Gasteiger partial charge in [0.15, 0.2) is 0 Å². The zero-order valence-electron chi connectivity index (χ0n) is 19.0.